The van der Waals surface area contributed by atoms with E-state index in [0.29, 0.717) is 5.56 Å². The van der Waals surface area contributed by atoms with Crippen LogP contribution in [0.15, 0.2) is 46.5 Å². The molecule has 0 radical (unpaired) electrons. The molecule has 2 rings (SSSR count). The summed E-state index contributed by atoms with van der Waals surface area (Å²) in [5.41, 5.74) is 0.578. The van der Waals surface area contributed by atoms with Crippen LogP contribution in [0.25, 0.3) is 0 Å². The summed E-state index contributed by atoms with van der Waals surface area (Å²) in [6.07, 6.45) is 1.45. The third kappa shape index (κ3) is 2.24. The fourth-order valence-electron chi connectivity index (χ4n) is 1.58. The summed E-state index contributed by atoms with van der Waals surface area (Å²) in [7, 11) is -3.63. The summed E-state index contributed by atoms with van der Waals surface area (Å²) in [5.74, 6) is 0.0153. The van der Waals surface area contributed by atoms with Crippen molar-refractivity contribution in [1.29, 1.82) is 0 Å². The van der Waals surface area contributed by atoms with Crippen molar-refractivity contribution >= 4 is 9.84 Å². The Labute approximate surface area is 106 Å². The Kier molecular flexibility index (Phi) is 3.38. The number of sulfone groups is 1. The first kappa shape index (κ1) is 12.6. The number of rotatable bonds is 3. The summed E-state index contributed by atoms with van der Waals surface area (Å²) in [6, 6.07) is 8.21. The molecule has 0 amide bonds. The lowest BCUT2D eigenvalue weighted by atomic mass is 10.1. The van der Waals surface area contributed by atoms with Gasteiger partial charge in [0.05, 0.1) is 11.1 Å². The average molecular weight is 263 g/mol. The quantitative estimate of drug-likeness (QED) is 0.844. The van der Waals surface area contributed by atoms with Gasteiger partial charge >= 0.3 is 0 Å². The van der Waals surface area contributed by atoms with E-state index in [1.165, 1.54) is 6.20 Å². The van der Waals surface area contributed by atoms with Crippen molar-refractivity contribution in [3.63, 3.8) is 0 Å². The molecule has 0 saturated heterocycles. The van der Waals surface area contributed by atoms with Crippen LogP contribution in [-0.4, -0.2) is 23.8 Å². The Morgan fingerprint density at radius 1 is 1.11 bits per heavy atom. The first-order chi connectivity index (χ1) is 8.53. The molecule has 0 bridgehead atoms. The molecule has 2 aromatic rings. The minimum atomic E-state index is -3.63. The monoisotopic (exact) mass is 263 g/mol. The Balaban J connectivity index is 2.63. The predicted molar refractivity (Wildman–Crippen MR) is 65.8 cm³/mol. The van der Waals surface area contributed by atoms with E-state index < -0.39 is 9.84 Å². The molecule has 0 aliphatic carbocycles. The standard InChI is InChI=1S/C12H13N3O2S/c1-9(2)11-8-13-15-14-12(11)18(16,17)10-6-4-3-5-7-10/h3-9H,1-2H3. The van der Waals surface area contributed by atoms with Crippen molar-refractivity contribution in [2.45, 2.75) is 29.7 Å². The van der Waals surface area contributed by atoms with E-state index in [9.17, 15) is 8.42 Å². The molecule has 0 aliphatic rings. The van der Waals surface area contributed by atoms with Crippen molar-refractivity contribution in [3.05, 3.63) is 42.1 Å². The first-order valence-electron chi connectivity index (χ1n) is 5.52. The molecule has 0 saturated carbocycles. The van der Waals surface area contributed by atoms with Crippen molar-refractivity contribution in [2.24, 2.45) is 0 Å². The zero-order valence-corrected chi connectivity index (χ0v) is 10.9. The fourth-order valence-corrected chi connectivity index (χ4v) is 3.07. The molecule has 1 heterocycles. The maximum atomic E-state index is 12.4. The van der Waals surface area contributed by atoms with Crippen LogP contribution in [-0.2, 0) is 9.84 Å². The Morgan fingerprint density at radius 2 is 1.78 bits per heavy atom. The highest BCUT2D eigenvalue weighted by molar-refractivity contribution is 7.91. The van der Waals surface area contributed by atoms with Gasteiger partial charge in [-0.05, 0) is 23.3 Å². The van der Waals surface area contributed by atoms with Gasteiger partial charge in [0.1, 0.15) is 0 Å². The molecule has 0 aliphatic heterocycles. The summed E-state index contributed by atoms with van der Waals surface area (Å²) in [6.45, 7) is 3.78. The third-order valence-electron chi connectivity index (χ3n) is 2.56. The Hall–Kier alpha value is -1.82. The highest BCUT2D eigenvalue weighted by Crippen LogP contribution is 2.25. The second-order valence-electron chi connectivity index (χ2n) is 4.17. The number of aromatic nitrogens is 3. The minimum absolute atomic E-state index is 0.0151. The van der Waals surface area contributed by atoms with Gasteiger partial charge in [-0.15, -0.1) is 10.2 Å². The molecule has 0 fully saturated rings. The van der Waals surface area contributed by atoms with Crippen LogP contribution >= 0.6 is 0 Å². The van der Waals surface area contributed by atoms with Gasteiger partial charge in [0.25, 0.3) is 0 Å². The lowest BCUT2D eigenvalue weighted by molar-refractivity contribution is 0.582. The van der Waals surface area contributed by atoms with Gasteiger partial charge in [0.2, 0.25) is 9.84 Å². The van der Waals surface area contributed by atoms with Crippen molar-refractivity contribution in [1.82, 2.24) is 15.4 Å². The normalized spacial score (nSPS) is 11.7. The first-order valence-corrected chi connectivity index (χ1v) is 7.00. The molecule has 0 unspecified atom stereocenters. The Morgan fingerprint density at radius 3 is 2.39 bits per heavy atom. The van der Waals surface area contributed by atoms with Crippen LogP contribution in [0.1, 0.15) is 25.3 Å². The molecule has 5 nitrogen and oxygen atoms in total. The summed E-state index contributed by atoms with van der Waals surface area (Å²) in [5, 5.41) is 10.8. The topological polar surface area (TPSA) is 72.8 Å². The zero-order chi connectivity index (χ0) is 13.2. The van der Waals surface area contributed by atoms with Crippen molar-refractivity contribution < 1.29 is 8.42 Å². The highest BCUT2D eigenvalue weighted by atomic mass is 32.2. The number of hydrogen-bond donors (Lipinski definition) is 0. The molecule has 0 spiro atoms. The van der Waals surface area contributed by atoms with Crippen LogP contribution in [0.5, 0.6) is 0 Å². The van der Waals surface area contributed by atoms with Gasteiger partial charge in [-0.3, -0.25) is 0 Å². The van der Waals surface area contributed by atoms with Crippen LogP contribution in [0, 0.1) is 0 Å². The molecule has 94 valence electrons. The summed E-state index contributed by atoms with van der Waals surface area (Å²) >= 11 is 0. The van der Waals surface area contributed by atoms with E-state index in [1.54, 1.807) is 30.3 Å². The molecular weight excluding hydrogens is 250 g/mol. The maximum absolute atomic E-state index is 12.4. The van der Waals surface area contributed by atoms with E-state index in [2.05, 4.69) is 15.4 Å². The van der Waals surface area contributed by atoms with Gasteiger partial charge in [0, 0.05) is 5.56 Å². The lowest BCUT2D eigenvalue weighted by Gasteiger charge is -2.10. The molecular formula is C12H13N3O2S. The molecule has 0 N–H and O–H groups in total. The minimum Gasteiger partial charge on any atom is -0.217 e. The highest BCUT2D eigenvalue weighted by Gasteiger charge is 2.24. The largest absolute Gasteiger partial charge is 0.226 e. The van der Waals surface area contributed by atoms with E-state index >= 15 is 0 Å². The van der Waals surface area contributed by atoms with Gasteiger partial charge in [-0.25, -0.2) is 8.42 Å². The number of nitrogens with zero attached hydrogens (tertiary/aromatic N) is 3. The van der Waals surface area contributed by atoms with E-state index in [4.69, 9.17) is 0 Å². The maximum Gasteiger partial charge on any atom is 0.226 e. The van der Waals surface area contributed by atoms with Gasteiger partial charge in [-0.2, -0.15) is 0 Å². The molecule has 0 atom stereocenters. The molecule has 1 aromatic heterocycles. The van der Waals surface area contributed by atoms with Gasteiger partial charge < -0.3 is 0 Å². The smallest absolute Gasteiger partial charge is 0.217 e. The lowest BCUT2D eigenvalue weighted by Crippen LogP contribution is -2.11. The molecule has 6 heteroatoms. The second kappa shape index (κ2) is 4.81. The molecule has 1 aromatic carbocycles. The summed E-state index contributed by atoms with van der Waals surface area (Å²) in [4.78, 5) is 0.215. The van der Waals surface area contributed by atoms with Gasteiger partial charge in [0.15, 0.2) is 5.03 Å². The molecule has 18 heavy (non-hydrogen) atoms. The number of benzene rings is 1. The van der Waals surface area contributed by atoms with E-state index in [1.807, 2.05) is 13.8 Å². The predicted octanol–water partition coefficient (Wildman–Crippen LogP) is 1.83. The SMILES string of the molecule is CC(C)c1cnnnc1S(=O)(=O)c1ccccc1. The Bertz CT molecular complexity index is 639. The summed E-state index contributed by atoms with van der Waals surface area (Å²) < 4.78 is 24.9. The number of hydrogen-bond acceptors (Lipinski definition) is 5. The fraction of sp³-hybridized carbons (Fsp3) is 0.250. The van der Waals surface area contributed by atoms with Crippen LogP contribution in [0.2, 0.25) is 0 Å². The van der Waals surface area contributed by atoms with Crippen molar-refractivity contribution in [2.75, 3.05) is 0 Å². The van der Waals surface area contributed by atoms with E-state index in [-0.39, 0.29) is 15.8 Å². The third-order valence-corrected chi connectivity index (χ3v) is 4.28. The van der Waals surface area contributed by atoms with Crippen LogP contribution in [0.4, 0.5) is 0 Å². The zero-order valence-electron chi connectivity index (χ0n) is 10.1. The van der Waals surface area contributed by atoms with Crippen molar-refractivity contribution in [3.8, 4) is 0 Å². The van der Waals surface area contributed by atoms with E-state index in [0.717, 1.165) is 0 Å². The van der Waals surface area contributed by atoms with Crippen LogP contribution < -0.4 is 0 Å². The second-order valence-corrected chi connectivity index (χ2v) is 6.03. The van der Waals surface area contributed by atoms with Crippen LogP contribution in [0.3, 0.4) is 0 Å². The average Bonchev–Trinajstić information content (AvgIpc) is 2.39. The van der Waals surface area contributed by atoms with Gasteiger partial charge in [-0.1, -0.05) is 32.0 Å².